The number of anilines is 1. The third-order valence-corrected chi connectivity index (χ3v) is 6.03. The number of nitrogens with zero attached hydrogens (tertiary/aromatic N) is 2. The molecule has 0 saturated carbocycles. The molecule has 6 heteroatoms. The molecular formula is C21H26N2O3S. The van der Waals surface area contributed by atoms with Crippen molar-refractivity contribution in [3.05, 3.63) is 54.1 Å². The highest BCUT2D eigenvalue weighted by Gasteiger charge is 2.37. The van der Waals surface area contributed by atoms with E-state index < -0.39 is 6.10 Å². The quantitative estimate of drug-likeness (QED) is 0.826. The van der Waals surface area contributed by atoms with Gasteiger partial charge in [0.1, 0.15) is 11.9 Å². The highest BCUT2D eigenvalue weighted by Crippen LogP contribution is 2.45. The van der Waals surface area contributed by atoms with Gasteiger partial charge in [-0.15, -0.1) is 11.8 Å². The number of methoxy groups -OCH3 is 1. The average molecular weight is 387 g/mol. The molecule has 0 aliphatic carbocycles. The normalized spacial score (nSPS) is 19.7. The molecule has 0 saturated heterocycles. The number of carbonyl (C=O) groups is 1. The van der Waals surface area contributed by atoms with Crippen molar-refractivity contribution >= 4 is 23.4 Å². The van der Waals surface area contributed by atoms with E-state index in [0.29, 0.717) is 6.54 Å². The summed E-state index contributed by atoms with van der Waals surface area (Å²) in [5, 5.41) is 10.5. The molecule has 27 heavy (non-hydrogen) atoms. The van der Waals surface area contributed by atoms with E-state index in [1.165, 1.54) is 11.8 Å². The number of thioether (sulfide) groups is 1. The van der Waals surface area contributed by atoms with Crippen molar-refractivity contribution < 1.29 is 14.6 Å². The summed E-state index contributed by atoms with van der Waals surface area (Å²) in [6.45, 7) is 1.47. The number of hydrogen-bond acceptors (Lipinski definition) is 5. The van der Waals surface area contributed by atoms with Crippen LogP contribution in [0.1, 0.15) is 17.2 Å². The zero-order valence-electron chi connectivity index (χ0n) is 16.0. The molecule has 0 radical (unpaired) electrons. The highest BCUT2D eigenvalue weighted by molar-refractivity contribution is 7.99. The first-order valence-electron chi connectivity index (χ1n) is 9.05. The van der Waals surface area contributed by atoms with Gasteiger partial charge < -0.3 is 19.6 Å². The van der Waals surface area contributed by atoms with Gasteiger partial charge >= 0.3 is 0 Å². The SMILES string of the molecule is COc1ccc([C@@H]2Sc3ccccc3N(CCCN(C)C)C(=O)[C@@H]2O)cc1. The van der Waals surface area contributed by atoms with E-state index in [2.05, 4.69) is 4.90 Å². The topological polar surface area (TPSA) is 53.0 Å². The molecule has 0 unspecified atom stereocenters. The Bertz CT molecular complexity index is 779. The molecular weight excluding hydrogens is 360 g/mol. The first kappa shape index (κ1) is 19.7. The van der Waals surface area contributed by atoms with Gasteiger partial charge in [-0.05, 0) is 56.9 Å². The van der Waals surface area contributed by atoms with E-state index >= 15 is 0 Å². The van der Waals surface area contributed by atoms with Crippen molar-refractivity contribution in [2.45, 2.75) is 22.7 Å². The van der Waals surface area contributed by atoms with Crippen LogP contribution in [0.4, 0.5) is 5.69 Å². The van der Waals surface area contributed by atoms with Crippen LogP contribution < -0.4 is 9.64 Å². The maximum Gasteiger partial charge on any atom is 0.257 e. The van der Waals surface area contributed by atoms with Gasteiger partial charge in [0, 0.05) is 11.4 Å². The van der Waals surface area contributed by atoms with Gasteiger partial charge in [0.25, 0.3) is 5.91 Å². The average Bonchev–Trinajstić information content (AvgIpc) is 2.78. The second-order valence-corrected chi connectivity index (χ2v) is 8.05. The molecule has 1 N–H and O–H groups in total. The lowest BCUT2D eigenvalue weighted by Gasteiger charge is -2.25. The minimum absolute atomic E-state index is 0.243. The molecule has 5 nitrogen and oxygen atoms in total. The molecule has 1 aliphatic rings. The molecule has 2 atom stereocenters. The first-order valence-corrected chi connectivity index (χ1v) is 9.93. The number of rotatable bonds is 6. The van der Waals surface area contributed by atoms with Gasteiger partial charge in [0.15, 0.2) is 0 Å². The van der Waals surface area contributed by atoms with Crippen molar-refractivity contribution in [2.24, 2.45) is 0 Å². The fraction of sp³-hybridized carbons (Fsp3) is 0.381. The third-order valence-electron chi connectivity index (χ3n) is 4.65. The van der Waals surface area contributed by atoms with Crippen LogP contribution in [0.15, 0.2) is 53.4 Å². The number of benzene rings is 2. The Morgan fingerprint density at radius 3 is 2.52 bits per heavy atom. The number of carbonyl (C=O) groups excluding carboxylic acids is 1. The van der Waals surface area contributed by atoms with E-state index in [9.17, 15) is 9.90 Å². The van der Waals surface area contributed by atoms with Crippen LogP contribution >= 0.6 is 11.8 Å². The van der Waals surface area contributed by atoms with Gasteiger partial charge in [0.05, 0.1) is 18.0 Å². The molecule has 1 heterocycles. The lowest BCUT2D eigenvalue weighted by Crippen LogP contribution is -2.41. The molecule has 1 aliphatic heterocycles. The van der Waals surface area contributed by atoms with Crippen LogP contribution in [0.25, 0.3) is 0 Å². The summed E-state index contributed by atoms with van der Waals surface area (Å²) in [5.74, 6) is 0.510. The van der Waals surface area contributed by atoms with Gasteiger partial charge in [-0.3, -0.25) is 4.79 Å². The standard InChI is InChI=1S/C21H26N2O3S/c1-22(2)13-6-14-23-17-7-4-5-8-18(17)27-20(19(24)21(23)25)15-9-11-16(26-3)12-10-15/h4-5,7-12,19-20,24H,6,13-14H2,1-3H3/t19-,20+/m1/s1. The van der Waals surface area contributed by atoms with Gasteiger partial charge in [-0.1, -0.05) is 24.3 Å². The molecule has 2 aromatic carbocycles. The van der Waals surface area contributed by atoms with Gasteiger partial charge in [-0.2, -0.15) is 0 Å². The van der Waals surface area contributed by atoms with E-state index in [0.717, 1.165) is 34.9 Å². The Balaban J connectivity index is 1.92. The number of aliphatic hydroxyl groups is 1. The van der Waals surface area contributed by atoms with Crippen LogP contribution in [-0.2, 0) is 4.79 Å². The predicted octanol–water partition coefficient (Wildman–Crippen LogP) is 3.19. The minimum Gasteiger partial charge on any atom is -0.497 e. The maximum absolute atomic E-state index is 13.1. The summed E-state index contributed by atoms with van der Waals surface area (Å²) in [4.78, 5) is 18.0. The molecule has 2 aromatic rings. The second-order valence-electron chi connectivity index (χ2n) is 6.87. The highest BCUT2D eigenvalue weighted by atomic mass is 32.2. The Morgan fingerprint density at radius 1 is 1.15 bits per heavy atom. The van der Waals surface area contributed by atoms with Crippen molar-refractivity contribution in [1.29, 1.82) is 0 Å². The van der Waals surface area contributed by atoms with Crippen molar-refractivity contribution in [1.82, 2.24) is 4.90 Å². The van der Waals surface area contributed by atoms with Gasteiger partial charge in [-0.25, -0.2) is 0 Å². The number of aliphatic hydroxyl groups excluding tert-OH is 1. The number of para-hydroxylation sites is 1. The molecule has 0 spiro atoms. The van der Waals surface area contributed by atoms with Gasteiger partial charge in [0.2, 0.25) is 0 Å². The third kappa shape index (κ3) is 4.46. The number of ether oxygens (including phenoxy) is 1. The lowest BCUT2D eigenvalue weighted by molar-refractivity contribution is -0.126. The van der Waals surface area contributed by atoms with Crippen molar-refractivity contribution in [3.8, 4) is 5.75 Å². The fourth-order valence-corrected chi connectivity index (χ4v) is 4.48. The minimum atomic E-state index is -1.10. The molecule has 0 bridgehead atoms. The first-order chi connectivity index (χ1) is 13.0. The van der Waals surface area contributed by atoms with Crippen LogP contribution in [0.3, 0.4) is 0 Å². The predicted molar refractivity (Wildman–Crippen MR) is 110 cm³/mol. The Hall–Kier alpha value is -2.02. The van der Waals surface area contributed by atoms with E-state index in [1.54, 1.807) is 12.0 Å². The van der Waals surface area contributed by atoms with Crippen LogP contribution in [0.5, 0.6) is 5.75 Å². The Kier molecular flexibility index (Phi) is 6.42. The monoisotopic (exact) mass is 386 g/mol. The molecule has 0 fully saturated rings. The zero-order chi connectivity index (χ0) is 19.4. The maximum atomic E-state index is 13.1. The van der Waals surface area contributed by atoms with Crippen LogP contribution in [0.2, 0.25) is 0 Å². The largest absolute Gasteiger partial charge is 0.497 e. The van der Waals surface area contributed by atoms with Crippen LogP contribution in [-0.4, -0.2) is 56.3 Å². The van der Waals surface area contributed by atoms with Crippen LogP contribution in [0, 0.1) is 0 Å². The summed E-state index contributed by atoms with van der Waals surface area (Å²) in [6.07, 6.45) is -0.257. The molecule has 1 amide bonds. The molecule has 0 aromatic heterocycles. The number of hydrogen-bond donors (Lipinski definition) is 1. The summed E-state index contributed by atoms with van der Waals surface area (Å²) in [7, 11) is 5.65. The molecule has 144 valence electrons. The Labute approximate surface area is 164 Å². The lowest BCUT2D eigenvalue weighted by atomic mass is 10.1. The Morgan fingerprint density at radius 2 is 1.85 bits per heavy atom. The zero-order valence-corrected chi connectivity index (χ0v) is 16.8. The smallest absolute Gasteiger partial charge is 0.257 e. The summed E-state index contributed by atoms with van der Waals surface area (Å²) in [6, 6.07) is 15.4. The summed E-state index contributed by atoms with van der Waals surface area (Å²) < 4.78 is 5.22. The van der Waals surface area contributed by atoms with E-state index in [-0.39, 0.29) is 11.2 Å². The summed E-state index contributed by atoms with van der Waals surface area (Å²) >= 11 is 1.54. The van der Waals surface area contributed by atoms with E-state index in [1.807, 2.05) is 62.6 Å². The molecule has 3 rings (SSSR count). The summed E-state index contributed by atoms with van der Waals surface area (Å²) in [5.41, 5.74) is 1.79. The second kappa shape index (κ2) is 8.78. The van der Waals surface area contributed by atoms with E-state index in [4.69, 9.17) is 4.74 Å². The fourth-order valence-electron chi connectivity index (χ4n) is 3.21. The number of fused-ring (bicyclic) bond motifs is 1. The van der Waals surface area contributed by atoms with Crippen molar-refractivity contribution in [2.75, 3.05) is 39.2 Å². The van der Waals surface area contributed by atoms with Crippen molar-refractivity contribution in [3.63, 3.8) is 0 Å². The number of amides is 1.